The van der Waals surface area contributed by atoms with Gasteiger partial charge in [0.1, 0.15) is 0 Å². The molecule has 0 amide bonds. The Labute approximate surface area is 200 Å². The van der Waals surface area contributed by atoms with E-state index in [9.17, 15) is 5.11 Å². The summed E-state index contributed by atoms with van der Waals surface area (Å²) in [6.45, 7) is 17.5. The highest BCUT2D eigenvalue weighted by molar-refractivity contribution is 5.09. The van der Waals surface area contributed by atoms with Gasteiger partial charge < -0.3 is 5.11 Å². The first-order valence-electron chi connectivity index (χ1n) is 13.0. The minimum absolute atomic E-state index is 0.475. The lowest BCUT2D eigenvalue weighted by Crippen LogP contribution is -2.27. The summed E-state index contributed by atoms with van der Waals surface area (Å²) in [5.74, 6) is 1.15. The molecule has 0 aliphatic heterocycles. The van der Waals surface area contributed by atoms with Gasteiger partial charge >= 0.3 is 0 Å². The monoisotopic (exact) mass is 440 g/mol. The highest BCUT2D eigenvalue weighted by Crippen LogP contribution is 2.50. The number of allylic oxidation sites excluding steroid dienone is 10. The first kappa shape index (κ1) is 28.7. The van der Waals surface area contributed by atoms with Crippen LogP contribution in [-0.4, -0.2) is 10.7 Å². The first-order chi connectivity index (χ1) is 15.0. The highest BCUT2D eigenvalue weighted by atomic mass is 16.3. The topological polar surface area (TPSA) is 20.2 Å². The van der Waals surface area contributed by atoms with Crippen LogP contribution in [-0.2, 0) is 0 Å². The average molecular weight is 441 g/mol. The van der Waals surface area contributed by atoms with E-state index in [0.29, 0.717) is 11.8 Å². The molecule has 0 bridgehead atoms. The van der Waals surface area contributed by atoms with Crippen molar-refractivity contribution in [3.05, 3.63) is 58.2 Å². The van der Waals surface area contributed by atoms with Crippen LogP contribution in [0.1, 0.15) is 120 Å². The van der Waals surface area contributed by atoms with Gasteiger partial charge in [-0.25, -0.2) is 0 Å². The van der Waals surface area contributed by atoms with E-state index in [-0.39, 0.29) is 0 Å². The molecule has 0 spiro atoms. The van der Waals surface area contributed by atoms with Gasteiger partial charge in [-0.05, 0) is 131 Å². The molecule has 3 atom stereocenters. The summed E-state index contributed by atoms with van der Waals surface area (Å²) in [6.07, 6.45) is 22.9. The second kappa shape index (κ2) is 14.7. The Morgan fingerprint density at radius 2 is 1.12 bits per heavy atom. The van der Waals surface area contributed by atoms with Crippen LogP contribution < -0.4 is 0 Å². The fourth-order valence-electron chi connectivity index (χ4n) is 4.45. The molecule has 1 aliphatic rings. The van der Waals surface area contributed by atoms with Gasteiger partial charge in [0.15, 0.2) is 0 Å². The number of aliphatic hydroxyl groups is 1. The lowest BCUT2D eigenvalue weighted by molar-refractivity contribution is 0.0237. The molecule has 1 unspecified atom stereocenters. The number of hydrogen-bond acceptors (Lipinski definition) is 1. The van der Waals surface area contributed by atoms with E-state index in [4.69, 9.17) is 0 Å². The largest absolute Gasteiger partial charge is 0.390 e. The fourth-order valence-corrected chi connectivity index (χ4v) is 4.45. The summed E-state index contributed by atoms with van der Waals surface area (Å²) < 4.78 is 0. The molecular formula is C31H52O. The molecule has 1 saturated carbocycles. The van der Waals surface area contributed by atoms with E-state index in [1.54, 1.807) is 0 Å². The van der Waals surface area contributed by atoms with E-state index in [1.807, 2.05) is 0 Å². The lowest BCUT2D eigenvalue weighted by Gasteiger charge is -2.23. The summed E-state index contributed by atoms with van der Waals surface area (Å²) in [6, 6.07) is 0. The molecule has 0 aromatic rings. The second-order valence-electron chi connectivity index (χ2n) is 11.1. The van der Waals surface area contributed by atoms with Gasteiger partial charge in [-0.3, -0.25) is 0 Å². The first-order valence-corrected chi connectivity index (χ1v) is 13.0. The maximum atomic E-state index is 11.0. The van der Waals surface area contributed by atoms with Crippen LogP contribution in [0.15, 0.2) is 58.2 Å². The maximum absolute atomic E-state index is 11.0. The zero-order chi connectivity index (χ0) is 24.1. The third-order valence-corrected chi connectivity index (χ3v) is 6.85. The average Bonchev–Trinajstić information content (AvgIpc) is 3.46. The van der Waals surface area contributed by atoms with Crippen molar-refractivity contribution < 1.29 is 5.11 Å². The molecule has 1 N–H and O–H groups in total. The molecule has 0 aromatic heterocycles. The Kier molecular flexibility index (Phi) is 13.2. The van der Waals surface area contributed by atoms with Crippen LogP contribution in [0, 0.1) is 11.8 Å². The van der Waals surface area contributed by atoms with Crippen molar-refractivity contribution in [2.75, 3.05) is 0 Å². The summed E-state index contributed by atoms with van der Waals surface area (Å²) in [4.78, 5) is 0. The van der Waals surface area contributed by atoms with E-state index in [0.717, 1.165) is 51.4 Å². The van der Waals surface area contributed by atoms with Gasteiger partial charge in [-0.2, -0.15) is 0 Å². The maximum Gasteiger partial charge on any atom is 0.0653 e. The smallest absolute Gasteiger partial charge is 0.0653 e. The zero-order valence-electron chi connectivity index (χ0n) is 22.6. The van der Waals surface area contributed by atoms with E-state index in [2.05, 4.69) is 85.8 Å². The van der Waals surface area contributed by atoms with E-state index >= 15 is 0 Å². The van der Waals surface area contributed by atoms with Crippen LogP contribution in [0.25, 0.3) is 0 Å². The molecule has 0 radical (unpaired) electrons. The molecule has 0 heterocycles. The van der Waals surface area contributed by atoms with Crippen molar-refractivity contribution in [3.63, 3.8) is 0 Å². The third kappa shape index (κ3) is 13.3. The molecule has 0 saturated heterocycles. The Morgan fingerprint density at radius 1 is 0.688 bits per heavy atom. The van der Waals surface area contributed by atoms with Gasteiger partial charge in [0.25, 0.3) is 0 Å². The van der Waals surface area contributed by atoms with Gasteiger partial charge in [0.05, 0.1) is 5.60 Å². The molecule has 0 aromatic carbocycles. The molecule has 1 heteroatoms. The zero-order valence-corrected chi connectivity index (χ0v) is 22.6. The Balaban J connectivity index is 2.31. The van der Waals surface area contributed by atoms with Crippen LogP contribution in [0.3, 0.4) is 0 Å². The van der Waals surface area contributed by atoms with Gasteiger partial charge in [0, 0.05) is 0 Å². The molecule has 1 rings (SSSR count). The summed E-state index contributed by atoms with van der Waals surface area (Å²) >= 11 is 0. The van der Waals surface area contributed by atoms with Crippen molar-refractivity contribution in [2.45, 2.75) is 125 Å². The summed E-state index contributed by atoms with van der Waals surface area (Å²) in [7, 11) is 0. The standard InChI is InChI=1S/C31H52O/c1-24(2)13-9-15-26(5)17-11-18-28(7)20-21-29-23-30(29)31(8,32)22-12-19-27(6)16-10-14-25(3)4/h13-14,17,19-20,29-30,32H,9-12,15-16,18,21-23H2,1-8H3/b26-17+,27-19+,28-20+/t29-,30-,31?/m1/s1. The van der Waals surface area contributed by atoms with Crippen molar-refractivity contribution in [3.8, 4) is 0 Å². The van der Waals surface area contributed by atoms with E-state index < -0.39 is 5.60 Å². The molecule has 1 aliphatic carbocycles. The molecule has 182 valence electrons. The number of hydrogen-bond donors (Lipinski definition) is 1. The van der Waals surface area contributed by atoms with Crippen LogP contribution >= 0.6 is 0 Å². The van der Waals surface area contributed by atoms with Crippen molar-refractivity contribution in [2.24, 2.45) is 11.8 Å². The Bertz CT molecular complexity index is 703. The van der Waals surface area contributed by atoms with Gasteiger partial charge in [-0.15, -0.1) is 0 Å². The summed E-state index contributed by atoms with van der Waals surface area (Å²) in [5, 5.41) is 11.0. The molecular weight excluding hydrogens is 388 g/mol. The predicted molar refractivity (Wildman–Crippen MR) is 144 cm³/mol. The Morgan fingerprint density at radius 3 is 1.62 bits per heavy atom. The lowest BCUT2D eigenvalue weighted by atomic mass is 9.91. The number of rotatable bonds is 15. The molecule has 32 heavy (non-hydrogen) atoms. The van der Waals surface area contributed by atoms with Crippen LogP contribution in [0.4, 0.5) is 0 Å². The molecule has 1 nitrogen and oxygen atoms in total. The van der Waals surface area contributed by atoms with E-state index in [1.165, 1.54) is 40.7 Å². The van der Waals surface area contributed by atoms with Crippen molar-refractivity contribution in [1.82, 2.24) is 0 Å². The SMILES string of the molecule is CC(C)=CCC/C(C)=C/CC/C(C)=C/C[C@@H]1C[C@H]1C(C)(O)CC/C=C(\C)CCC=C(C)C. The predicted octanol–water partition coefficient (Wildman–Crippen LogP) is 9.66. The Hall–Kier alpha value is -1.34. The van der Waals surface area contributed by atoms with Crippen LogP contribution in [0.2, 0.25) is 0 Å². The fraction of sp³-hybridized carbons (Fsp3) is 0.677. The second-order valence-corrected chi connectivity index (χ2v) is 11.1. The minimum Gasteiger partial charge on any atom is -0.390 e. The van der Waals surface area contributed by atoms with Gasteiger partial charge in [0.2, 0.25) is 0 Å². The van der Waals surface area contributed by atoms with Crippen molar-refractivity contribution in [1.29, 1.82) is 0 Å². The highest BCUT2D eigenvalue weighted by Gasteiger charge is 2.47. The molecule has 1 fully saturated rings. The van der Waals surface area contributed by atoms with Crippen molar-refractivity contribution >= 4 is 0 Å². The minimum atomic E-state index is -0.520. The third-order valence-electron chi connectivity index (χ3n) is 6.85. The quantitative estimate of drug-likeness (QED) is 0.251. The van der Waals surface area contributed by atoms with Crippen LogP contribution in [0.5, 0.6) is 0 Å². The normalized spacial score (nSPS) is 21.2. The summed E-state index contributed by atoms with van der Waals surface area (Å²) in [5.41, 5.74) is 6.75. The van der Waals surface area contributed by atoms with Gasteiger partial charge in [-0.1, -0.05) is 58.2 Å².